The summed E-state index contributed by atoms with van der Waals surface area (Å²) >= 11 is 0. The molecule has 0 radical (unpaired) electrons. The molecular weight excluding hydrogens is 190 g/mol. The summed E-state index contributed by atoms with van der Waals surface area (Å²) in [6, 6.07) is 0. The van der Waals surface area contributed by atoms with Gasteiger partial charge in [0.1, 0.15) is 6.61 Å². The van der Waals surface area contributed by atoms with E-state index in [0.29, 0.717) is 6.54 Å². The molecule has 3 heteroatoms. The monoisotopic (exact) mass is 213 g/mol. The van der Waals surface area contributed by atoms with E-state index in [-0.39, 0.29) is 12.4 Å². The van der Waals surface area contributed by atoms with Crippen molar-refractivity contribution in [1.82, 2.24) is 4.90 Å². The molecule has 3 nitrogen and oxygen atoms in total. The predicted molar refractivity (Wildman–Crippen MR) is 61.0 cm³/mol. The maximum atomic E-state index is 11.3. The van der Waals surface area contributed by atoms with Crippen molar-refractivity contribution in [1.29, 1.82) is 0 Å². The SMILES string of the molecule is COCC(=O)CN(C)CC1CCCCC1. The molecule has 0 unspecified atom stereocenters. The summed E-state index contributed by atoms with van der Waals surface area (Å²) in [6.07, 6.45) is 6.80. The van der Waals surface area contributed by atoms with E-state index in [2.05, 4.69) is 4.90 Å². The Morgan fingerprint density at radius 3 is 2.60 bits per heavy atom. The Balaban J connectivity index is 2.16. The molecule has 0 bridgehead atoms. The molecule has 88 valence electrons. The Kier molecular flexibility index (Phi) is 5.88. The van der Waals surface area contributed by atoms with Crippen LogP contribution in [-0.4, -0.2) is 44.5 Å². The fourth-order valence-corrected chi connectivity index (χ4v) is 2.38. The number of carbonyl (C=O) groups excluding carboxylic acids is 1. The van der Waals surface area contributed by atoms with Crippen LogP contribution in [-0.2, 0) is 9.53 Å². The molecule has 0 atom stereocenters. The lowest BCUT2D eigenvalue weighted by molar-refractivity contribution is -0.123. The Labute approximate surface area is 92.8 Å². The standard InChI is InChI=1S/C12H23NO2/c1-13(9-12(14)10-15-2)8-11-6-4-3-5-7-11/h11H,3-10H2,1-2H3. The summed E-state index contributed by atoms with van der Waals surface area (Å²) in [6.45, 7) is 1.84. The zero-order valence-electron chi connectivity index (χ0n) is 10.00. The number of likely N-dealkylation sites (N-methyl/N-ethyl adjacent to an activating group) is 1. The smallest absolute Gasteiger partial charge is 0.172 e. The lowest BCUT2D eigenvalue weighted by Gasteiger charge is -2.26. The van der Waals surface area contributed by atoms with Gasteiger partial charge in [0.25, 0.3) is 0 Å². The highest BCUT2D eigenvalue weighted by Crippen LogP contribution is 2.23. The molecule has 0 N–H and O–H groups in total. The van der Waals surface area contributed by atoms with E-state index in [9.17, 15) is 4.79 Å². The van der Waals surface area contributed by atoms with Gasteiger partial charge in [0.15, 0.2) is 5.78 Å². The molecule has 0 amide bonds. The van der Waals surface area contributed by atoms with Crippen molar-refractivity contribution in [2.24, 2.45) is 5.92 Å². The van der Waals surface area contributed by atoms with Crippen molar-refractivity contribution in [3.63, 3.8) is 0 Å². The second-order valence-electron chi connectivity index (χ2n) is 4.67. The molecule has 0 aliphatic heterocycles. The molecule has 15 heavy (non-hydrogen) atoms. The first kappa shape index (κ1) is 12.7. The molecule has 0 saturated heterocycles. The second-order valence-corrected chi connectivity index (χ2v) is 4.67. The lowest BCUT2D eigenvalue weighted by Crippen LogP contribution is -2.33. The highest BCUT2D eigenvalue weighted by atomic mass is 16.5. The maximum absolute atomic E-state index is 11.3. The summed E-state index contributed by atoms with van der Waals surface area (Å²) < 4.78 is 4.82. The summed E-state index contributed by atoms with van der Waals surface area (Å²) in [7, 11) is 3.60. The van der Waals surface area contributed by atoms with Gasteiger partial charge >= 0.3 is 0 Å². The van der Waals surface area contributed by atoms with Gasteiger partial charge in [0, 0.05) is 13.7 Å². The topological polar surface area (TPSA) is 29.5 Å². The van der Waals surface area contributed by atoms with Crippen LogP contribution in [0.5, 0.6) is 0 Å². The normalized spacial score (nSPS) is 18.3. The minimum absolute atomic E-state index is 0.177. The molecule has 1 rings (SSSR count). The fourth-order valence-electron chi connectivity index (χ4n) is 2.38. The minimum atomic E-state index is 0.177. The molecule has 0 aromatic rings. The summed E-state index contributed by atoms with van der Waals surface area (Å²) in [5.74, 6) is 0.981. The molecule has 1 saturated carbocycles. The Bertz CT molecular complexity index is 188. The molecule has 1 fully saturated rings. The number of hydrogen-bond acceptors (Lipinski definition) is 3. The van der Waals surface area contributed by atoms with Gasteiger partial charge in [-0.3, -0.25) is 9.69 Å². The average Bonchev–Trinajstić information content (AvgIpc) is 2.19. The van der Waals surface area contributed by atoms with Gasteiger partial charge < -0.3 is 4.74 Å². The first-order valence-electron chi connectivity index (χ1n) is 5.91. The van der Waals surface area contributed by atoms with Crippen molar-refractivity contribution in [3.8, 4) is 0 Å². The van der Waals surface area contributed by atoms with Crippen LogP contribution in [0.1, 0.15) is 32.1 Å². The van der Waals surface area contributed by atoms with Gasteiger partial charge in [-0.05, 0) is 25.8 Å². The van der Waals surface area contributed by atoms with Crippen LogP contribution in [0.2, 0.25) is 0 Å². The zero-order valence-corrected chi connectivity index (χ0v) is 10.00. The van der Waals surface area contributed by atoms with Gasteiger partial charge in [-0.1, -0.05) is 19.3 Å². The number of hydrogen-bond donors (Lipinski definition) is 0. The molecule has 1 aliphatic carbocycles. The molecule has 0 spiro atoms. The lowest BCUT2D eigenvalue weighted by atomic mass is 9.89. The first-order valence-corrected chi connectivity index (χ1v) is 5.91. The van der Waals surface area contributed by atoms with E-state index in [1.54, 1.807) is 7.11 Å². The van der Waals surface area contributed by atoms with E-state index in [1.807, 2.05) is 7.05 Å². The molecule has 0 aromatic heterocycles. The fraction of sp³-hybridized carbons (Fsp3) is 0.917. The van der Waals surface area contributed by atoms with E-state index < -0.39 is 0 Å². The van der Waals surface area contributed by atoms with Crippen LogP contribution in [0.25, 0.3) is 0 Å². The number of carbonyl (C=O) groups is 1. The van der Waals surface area contributed by atoms with Gasteiger partial charge in [0.2, 0.25) is 0 Å². The Morgan fingerprint density at radius 1 is 1.33 bits per heavy atom. The summed E-state index contributed by atoms with van der Waals surface area (Å²) in [5, 5.41) is 0. The van der Waals surface area contributed by atoms with Crippen LogP contribution in [0.3, 0.4) is 0 Å². The van der Waals surface area contributed by atoms with Crippen LogP contribution < -0.4 is 0 Å². The number of ketones is 1. The number of Topliss-reactive ketones (excluding diaryl/α,β-unsaturated/α-hetero) is 1. The third-order valence-corrected chi connectivity index (χ3v) is 3.05. The van der Waals surface area contributed by atoms with Gasteiger partial charge in [-0.25, -0.2) is 0 Å². The van der Waals surface area contributed by atoms with Crippen LogP contribution in [0, 0.1) is 5.92 Å². The average molecular weight is 213 g/mol. The van der Waals surface area contributed by atoms with Crippen LogP contribution >= 0.6 is 0 Å². The Morgan fingerprint density at radius 2 is 2.00 bits per heavy atom. The van der Waals surface area contributed by atoms with Gasteiger partial charge in [0.05, 0.1) is 6.54 Å². The number of rotatable bonds is 6. The van der Waals surface area contributed by atoms with Crippen LogP contribution in [0.15, 0.2) is 0 Å². The van der Waals surface area contributed by atoms with Gasteiger partial charge in [-0.2, -0.15) is 0 Å². The Hall–Kier alpha value is -0.410. The summed E-state index contributed by atoms with van der Waals surface area (Å²) in [4.78, 5) is 13.5. The highest BCUT2D eigenvalue weighted by Gasteiger charge is 2.16. The maximum Gasteiger partial charge on any atom is 0.172 e. The molecule has 0 heterocycles. The third-order valence-electron chi connectivity index (χ3n) is 3.05. The molecule has 0 aromatic carbocycles. The number of methoxy groups -OCH3 is 1. The highest BCUT2D eigenvalue weighted by molar-refractivity contribution is 5.81. The quantitative estimate of drug-likeness (QED) is 0.673. The third kappa shape index (κ3) is 5.28. The summed E-state index contributed by atoms with van der Waals surface area (Å²) in [5.41, 5.74) is 0. The van der Waals surface area contributed by atoms with Crippen molar-refractivity contribution in [3.05, 3.63) is 0 Å². The van der Waals surface area contributed by atoms with Crippen molar-refractivity contribution < 1.29 is 9.53 Å². The largest absolute Gasteiger partial charge is 0.377 e. The van der Waals surface area contributed by atoms with Crippen molar-refractivity contribution in [2.45, 2.75) is 32.1 Å². The molecular formula is C12H23NO2. The van der Waals surface area contributed by atoms with E-state index >= 15 is 0 Å². The zero-order chi connectivity index (χ0) is 11.1. The van der Waals surface area contributed by atoms with Crippen molar-refractivity contribution >= 4 is 5.78 Å². The molecule has 1 aliphatic rings. The van der Waals surface area contributed by atoms with Gasteiger partial charge in [-0.15, -0.1) is 0 Å². The first-order chi connectivity index (χ1) is 7.22. The van der Waals surface area contributed by atoms with Crippen molar-refractivity contribution in [2.75, 3.05) is 33.9 Å². The van der Waals surface area contributed by atoms with E-state index in [4.69, 9.17) is 4.74 Å². The van der Waals surface area contributed by atoms with E-state index in [1.165, 1.54) is 32.1 Å². The minimum Gasteiger partial charge on any atom is -0.377 e. The number of ether oxygens (including phenoxy) is 1. The second kappa shape index (κ2) is 6.96. The number of nitrogens with zero attached hydrogens (tertiary/aromatic N) is 1. The van der Waals surface area contributed by atoms with E-state index in [0.717, 1.165) is 12.5 Å². The predicted octanol–water partition coefficient (Wildman–Crippen LogP) is 1.71. The van der Waals surface area contributed by atoms with Crippen LogP contribution in [0.4, 0.5) is 0 Å².